The summed E-state index contributed by atoms with van der Waals surface area (Å²) in [6.07, 6.45) is 2.78. The number of rotatable bonds is 5. The molecule has 1 saturated carbocycles. The Morgan fingerprint density at radius 3 is 2.61 bits per heavy atom. The van der Waals surface area contributed by atoms with Gasteiger partial charge in [-0.3, -0.25) is 9.59 Å². The van der Waals surface area contributed by atoms with E-state index in [-0.39, 0.29) is 10.8 Å². The lowest BCUT2D eigenvalue weighted by Gasteiger charge is -2.27. The smallest absolute Gasteiger partial charge is 0.317 e. The molecule has 2 aromatic rings. The normalized spacial score (nSPS) is 15.3. The molecule has 1 aliphatic rings. The highest BCUT2D eigenvalue weighted by molar-refractivity contribution is 6.36. The van der Waals surface area contributed by atoms with Crippen LogP contribution >= 0.6 is 23.2 Å². The number of aromatic nitrogens is 1. The summed E-state index contributed by atoms with van der Waals surface area (Å²) in [6.45, 7) is 1.19. The summed E-state index contributed by atoms with van der Waals surface area (Å²) in [5, 5.41) is 3.07. The number of hydrogen-bond acceptors (Lipinski definition) is 4. The van der Waals surface area contributed by atoms with Crippen molar-refractivity contribution in [2.75, 3.05) is 11.9 Å². The number of benzene rings is 1. The van der Waals surface area contributed by atoms with Crippen molar-refractivity contribution < 1.29 is 18.7 Å². The zero-order valence-electron chi connectivity index (χ0n) is 15.2. The van der Waals surface area contributed by atoms with Crippen molar-refractivity contribution in [2.24, 2.45) is 0 Å². The first-order valence-electron chi connectivity index (χ1n) is 8.87. The number of esters is 1. The Hall–Kier alpha value is -2.18. The molecule has 1 fully saturated rings. The summed E-state index contributed by atoms with van der Waals surface area (Å²) in [5.74, 6) is -1.37. The summed E-state index contributed by atoms with van der Waals surface area (Å²) in [5.41, 5.74) is 0.164. The molecule has 1 amide bonds. The average Bonchev–Trinajstić information content (AvgIpc) is 3.15. The summed E-state index contributed by atoms with van der Waals surface area (Å²) < 4.78 is 18.9. The quantitative estimate of drug-likeness (QED) is 0.697. The van der Waals surface area contributed by atoms with E-state index in [0.29, 0.717) is 29.1 Å². The van der Waals surface area contributed by atoms with Crippen LogP contribution in [0.3, 0.4) is 0 Å². The van der Waals surface area contributed by atoms with Crippen LogP contribution in [-0.4, -0.2) is 23.5 Å². The topological polar surface area (TPSA) is 68.3 Å². The molecule has 5 nitrogen and oxygen atoms in total. The SMILES string of the molecule is Cc1nc(NC(=O)COC(=O)C2(c3cccc(F)c3)CCCC2)c(Cl)cc1Cl. The highest BCUT2D eigenvalue weighted by Gasteiger charge is 2.44. The third-order valence-corrected chi connectivity index (χ3v) is 5.59. The van der Waals surface area contributed by atoms with E-state index < -0.39 is 29.7 Å². The summed E-state index contributed by atoms with van der Waals surface area (Å²) in [6, 6.07) is 7.45. The Bertz CT molecular complexity index is 914. The largest absolute Gasteiger partial charge is 0.455 e. The number of halogens is 3. The predicted octanol–water partition coefficient (Wildman–Crippen LogP) is 4.83. The van der Waals surface area contributed by atoms with E-state index in [2.05, 4.69) is 10.3 Å². The Morgan fingerprint density at radius 1 is 1.21 bits per heavy atom. The molecule has 8 heteroatoms. The molecule has 1 N–H and O–H groups in total. The fourth-order valence-corrected chi connectivity index (χ4v) is 3.86. The minimum absolute atomic E-state index is 0.144. The molecule has 0 saturated heterocycles. The minimum Gasteiger partial charge on any atom is -0.455 e. The number of ether oxygens (including phenoxy) is 1. The van der Waals surface area contributed by atoms with Gasteiger partial charge in [0, 0.05) is 0 Å². The van der Waals surface area contributed by atoms with Crippen LogP contribution in [0, 0.1) is 12.7 Å². The Balaban J connectivity index is 1.68. The molecule has 0 bridgehead atoms. The van der Waals surface area contributed by atoms with E-state index in [9.17, 15) is 14.0 Å². The lowest BCUT2D eigenvalue weighted by molar-refractivity contribution is -0.153. The number of nitrogens with one attached hydrogen (secondary N) is 1. The zero-order chi connectivity index (χ0) is 20.3. The Morgan fingerprint density at radius 2 is 1.93 bits per heavy atom. The van der Waals surface area contributed by atoms with Crippen LogP contribution in [0.4, 0.5) is 10.2 Å². The van der Waals surface area contributed by atoms with Gasteiger partial charge in [-0.1, -0.05) is 48.2 Å². The number of aryl methyl sites for hydroxylation is 1. The first-order chi connectivity index (χ1) is 13.3. The van der Waals surface area contributed by atoms with Gasteiger partial charge in [0.05, 0.1) is 21.2 Å². The van der Waals surface area contributed by atoms with Gasteiger partial charge in [0.1, 0.15) is 5.82 Å². The summed E-state index contributed by atoms with van der Waals surface area (Å²) in [7, 11) is 0. The standard InChI is InChI=1S/C20H19Cl2FN2O3/c1-12-15(21)10-16(22)18(24-12)25-17(26)11-28-19(27)20(7-2-3-8-20)13-5-4-6-14(23)9-13/h4-6,9-10H,2-3,7-8,11H2,1H3,(H,24,25,26). The second-order valence-electron chi connectivity index (χ2n) is 6.81. The third-order valence-electron chi connectivity index (χ3n) is 4.92. The molecule has 1 aliphatic carbocycles. The molecule has 0 atom stereocenters. The van der Waals surface area contributed by atoms with Crippen molar-refractivity contribution in [1.29, 1.82) is 0 Å². The van der Waals surface area contributed by atoms with Gasteiger partial charge in [-0.15, -0.1) is 0 Å². The molecule has 1 aromatic heterocycles. The van der Waals surface area contributed by atoms with Gasteiger partial charge in [0.15, 0.2) is 12.4 Å². The van der Waals surface area contributed by atoms with Crippen molar-refractivity contribution in [3.8, 4) is 0 Å². The van der Waals surface area contributed by atoms with Gasteiger partial charge in [0.2, 0.25) is 0 Å². The molecule has 1 heterocycles. The van der Waals surface area contributed by atoms with Crippen LogP contribution in [-0.2, 0) is 19.7 Å². The van der Waals surface area contributed by atoms with Crippen molar-refractivity contribution in [3.05, 3.63) is 57.5 Å². The molecule has 1 aromatic carbocycles. The van der Waals surface area contributed by atoms with Crippen molar-refractivity contribution in [1.82, 2.24) is 4.98 Å². The minimum atomic E-state index is -0.921. The van der Waals surface area contributed by atoms with Crippen LogP contribution in [0.25, 0.3) is 0 Å². The third kappa shape index (κ3) is 4.28. The molecule has 0 spiro atoms. The van der Waals surface area contributed by atoms with Crippen molar-refractivity contribution in [2.45, 2.75) is 38.0 Å². The van der Waals surface area contributed by atoms with Gasteiger partial charge in [-0.05, 0) is 43.5 Å². The van der Waals surface area contributed by atoms with Crippen LogP contribution in [0.15, 0.2) is 30.3 Å². The van der Waals surface area contributed by atoms with E-state index in [1.165, 1.54) is 18.2 Å². The molecule has 0 radical (unpaired) electrons. The fourth-order valence-electron chi connectivity index (χ4n) is 3.46. The van der Waals surface area contributed by atoms with E-state index in [1.54, 1.807) is 19.1 Å². The first kappa shape index (κ1) is 20.6. The van der Waals surface area contributed by atoms with Gasteiger partial charge < -0.3 is 10.1 Å². The van der Waals surface area contributed by atoms with E-state index in [0.717, 1.165) is 12.8 Å². The summed E-state index contributed by atoms with van der Waals surface area (Å²) >= 11 is 12.0. The highest BCUT2D eigenvalue weighted by Crippen LogP contribution is 2.42. The van der Waals surface area contributed by atoms with Crippen LogP contribution < -0.4 is 5.32 Å². The number of carbonyl (C=O) groups is 2. The summed E-state index contributed by atoms with van der Waals surface area (Å²) in [4.78, 5) is 29.1. The molecule has 148 valence electrons. The van der Waals surface area contributed by atoms with E-state index in [1.807, 2.05) is 0 Å². The lowest BCUT2D eigenvalue weighted by Crippen LogP contribution is -2.36. The highest BCUT2D eigenvalue weighted by atomic mass is 35.5. The lowest BCUT2D eigenvalue weighted by atomic mass is 9.79. The monoisotopic (exact) mass is 424 g/mol. The van der Waals surface area contributed by atoms with Crippen molar-refractivity contribution >= 4 is 40.9 Å². The van der Waals surface area contributed by atoms with Crippen LogP contribution in [0.2, 0.25) is 10.0 Å². The predicted molar refractivity (Wildman–Crippen MR) is 105 cm³/mol. The second-order valence-corrected chi connectivity index (χ2v) is 7.62. The van der Waals surface area contributed by atoms with Gasteiger partial charge in [-0.25, -0.2) is 9.37 Å². The molecule has 3 rings (SSSR count). The number of hydrogen-bond donors (Lipinski definition) is 1. The maximum absolute atomic E-state index is 13.7. The maximum atomic E-state index is 13.7. The van der Waals surface area contributed by atoms with E-state index >= 15 is 0 Å². The van der Waals surface area contributed by atoms with Gasteiger partial charge in [-0.2, -0.15) is 0 Å². The Kier molecular flexibility index (Phi) is 6.20. The number of pyridine rings is 1. The van der Waals surface area contributed by atoms with Gasteiger partial charge in [0.25, 0.3) is 5.91 Å². The number of amides is 1. The number of carbonyl (C=O) groups excluding carboxylic acids is 2. The molecule has 0 unspecified atom stereocenters. The van der Waals surface area contributed by atoms with Gasteiger partial charge >= 0.3 is 5.97 Å². The van der Waals surface area contributed by atoms with E-state index in [4.69, 9.17) is 27.9 Å². The molecular weight excluding hydrogens is 406 g/mol. The Labute approximate surface area is 172 Å². The van der Waals surface area contributed by atoms with Crippen LogP contribution in [0.1, 0.15) is 36.9 Å². The number of nitrogens with zero attached hydrogens (tertiary/aromatic N) is 1. The second kappa shape index (κ2) is 8.45. The molecular formula is C20H19Cl2FN2O3. The number of anilines is 1. The first-order valence-corrected chi connectivity index (χ1v) is 9.63. The van der Waals surface area contributed by atoms with Crippen molar-refractivity contribution in [3.63, 3.8) is 0 Å². The van der Waals surface area contributed by atoms with Crippen LogP contribution in [0.5, 0.6) is 0 Å². The molecule has 0 aliphatic heterocycles. The maximum Gasteiger partial charge on any atom is 0.317 e. The average molecular weight is 425 g/mol. The molecule has 28 heavy (non-hydrogen) atoms. The zero-order valence-corrected chi connectivity index (χ0v) is 16.7. The fraction of sp³-hybridized carbons (Fsp3) is 0.350.